The summed E-state index contributed by atoms with van der Waals surface area (Å²) < 4.78 is 10.1. The van der Waals surface area contributed by atoms with Crippen LogP contribution in [0.1, 0.15) is 43.6 Å². The number of ether oxygens (including phenoxy) is 2. The van der Waals surface area contributed by atoms with Crippen LogP contribution in [0.4, 0.5) is 0 Å². The van der Waals surface area contributed by atoms with E-state index in [9.17, 15) is 4.79 Å². The van der Waals surface area contributed by atoms with Gasteiger partial charge in [-0.05, 0) is 39.8 Å². The van der Waals surface area contributed by atoms with E-state index in [1.165, 1.54) is 6.92 Å². The molecule has 0 aliphatic carbocycles. The summed E-state index contributed by atoms with van der Waals surface area (Å²) in [4.78, 5) is 10.8. The standard InChI is InChI=1S/C9H7NO.C6H14O2/c1-7(11)9-4-2-8(6-10)3-5-9;1-4-7-6(3)8-5-2/h2-5H,1H3;6H,4-5H2,1-3H3. The van der Waals surface area contributed by atoms with Crippen LogP contribution in [0.2, 0.25) is 0 Å². The number of hydrogen-bond acceptors (Lipinski definition) is 4. The van der Waals surface area contributed by atoms with E-state index in [1.54, 1.807) is 24.3 Å². The van der Waals surface area contributed by atoms with E-state index in [2.05, 4.69) is 0 Å². The first-order valence-electron chi connectivity index (χ1n) is 6.29. The Balaban J connectivity index is 0.000000362. The van der Waals surface area contributed by atoms with Gasteiger partial charge in [-0.1, -0.05) is 12.1 Å². The number of carbonyl (C=O) groups excluding carboxylic acids is 1. The van der Waals surface area contributed by atoms with Crippen molar-refractivity contribution in [3.63, 3.8) is 0 Å². The normalized spacial score (nSPS) is 9.47. The molecule has 0 heterocycles. The third-order valence-corrected chi connectivity index (χ3v) is 2.22. The van der Waals surface area contributed by atoms with Crippen molar-refractivity contribution in [3.8, 4) is 6.07 Å². The van der Waals surface area contributed by atoms with Crippen LogP contribution in [-0.4, -0.2) is 25.3 Å². The Bertz CT molecular complexity index is 400. The van der Waals surface area contributed by atoms with Gasteiger partial charge in [0.1, 0.15) is 0 Å². The predicted molar refractivity (Wildman–Crippen MR) is 73.9 cm³/mol. The number of carbonyl (C=O) groups is 1. The molecule has 104 valence electrons. The van der Waals surface area contributed by atoms with Crippen molar-refractivity contribution in [1.29, 1.82) is 5.26 Å². The van der Waals surface area contributed by atoms with Crippen molar-refractivity contribution in [2.75, 3.05) is 13.2 Å². The monoisotopic (exact) mass is 263 g/mol. The molecule has 0 aromatic heterocycles. The highest BCUT2D eigenvalue weighted by Crippen LogP contribution is 2.03. The molecule has 0 atom stereocenters. The first-order valence-corrected chi connectivity index (χ1v) is 6.29. The van der Waals surface area contributed by atoms with E-state index < -0.39 is 0 Å². The fraction of sp³-hybridized carbons (Fsp3) is 0.467. The van der Waals surface area contributed by atoms with Gasteiger partial charge in [-0.15, -0.1) is 0 Å². The summed E-state index contributed by atoms with van der Waals surface area (Å²) in [5, 5.41) is 8.43. The van der Waals surface area contributed by atoms with Gasteiger partial charge in [-0.2, -0.15) is 5.26 Å². The lowest BCUT2D eigenvalue weighted by atomic mass is 10.1. The van der Waals surface area contributed by atoms with Gasteiger partial charge in [0.05, 0.1) is 11.6 Å². The van der Waals surface area contributed by atoms with Crippen molar-refractivity contribution < 1.29 is 14.3 Å². The van der Waals surface area contributed by atoms with E-state index in [-0.39, 0.29) is 12.1 Å². The zero-order valence-electron chi connectivity index (χ0n) is 12.0. The first-order chi connectivity index (χ1) is 9.04. The van der Waals surface area contributed by atoms with Gasteiger partial charge >= 0.3 is 0 Å². The molecule has 0 spiro atoms. The van der Waals surface area contributed by atoms with Crippen molar-refractivity contribution in [1.82, 2.24) is 0 Å². The lowest BCUT2D eigenvalue weighted by molar-refractivity contribution is -0.123. The highest BCUT2D eigenvalue weighted by atomic mass is 16.7. The molecule has 0 amide bonds. The Labute approximate surface area is 115 Å². The molecule has 0 bridgehead atoms. The molecular formula is C15H21NO3. The topological polar surface area (TPSA) is 59.3 Å². The minimum atomic E-state index is -0.0370. The molecule has 0 unspecified atom stereocenters. The maximum atomic E-state index is 10.8. The molecule has 4 heteroatoms. The summed E-state index contributed by atoms with van der Waals surface area (Å²) in [7, 11) is 0. The number of ketones is 1. The maximum absolute atomic E-state index is 10.8. The summed E-state index contributed by atoms with van der Waals surface area (Å²) in [5.41, 5.74) is 1.22. The van der Waals surface area contributed by atoms with Gasteiger partial charge < -0.3 is 9.47 Å². The van der Waals surface area contributed by atoms with E-state index in [4.69, 9.17) is 14.7 Å². The molecule has 0 fully saturated rings. The number of benzene rings is 1. The summed E-state index contributed by atoms with van der Waals surface area (Å²) in [5.74, 6) is 0.0227. The molecule has 19 heavy (non-hydrogen) atoms. The van der Waals surface area contributed by atoms with Crippen LogP contribution in [0.3, 0.4) is 0 Å². The molecule has 0 radical (unpaired) electrons. The van der Waals surface area contributed by atoms with Gasteiger partial charge in [-0.25, -0.2) is 0 Å². The van der Waals surface area contributed by atoms with Crippen LogP contribution in [0.15, 0.2) is 24.3 Å². The molecular weight excluding hydrogens is 242 g/mol. The maximum Gasteiger partial charge on any atom is 0.159 e. The van der Waals surface area contributed by atoms with Gasteiger partial charge in [0, 0.05) is 18.8 Å². The molecule has 0 saturated heterocycles. The van der Waals surface area contributed by atoms with Crippen LogP contribution in [-0.2, 0) is 9.47 Å². The Morgan fingerprint density at radius 1 is 1.21 bits per heavy atom. The van der Waals surface area contributed by atoms with Crippen molar-refractivity contribution >= 4 is 5.78 Å². The molecule has 1 rings (SSSR count). The minimum Gasteiger partial charge on any atom is -0.353 e. The molecule has 0 aliphatic rings. The zero-order chi connectivity index (χ0) is 14.7. The van der Waals surface area contributed by atoms with Gasteiger partial charge in [0.2, 0.25) is 0 Å². The molecule has 0 saturated carbocycles. The van der Waals surface area contributed by atoms with Crippen molar-refractivity contribution in [2.24, 2.45) is 0 Å². The second-order valence-corrected chi connectivity index (χ2v) is 3.72. The number of rotatable bonds is 5. The Morgan fingerprint density at radius 3 is 2.00 bits per heavy atom. The highest BCUT2D eigenvalue weighted by molar-refractivity contribution is 5.94. The lowest BCUT2D eigenvalue weighted by Gasteiger charge is -2.09. The Hall–Kier alpha value is -1.70. The third-order valence-electron chi connectivity index (χ3n) is 2.22. The van der Waals surface area contributed by atoms with Crippen LogP contribution in [0.25, 0.3) is 0 Å². The summed E-state index contributed by atoms with van der Waals surface area (Å²) in [6, 6.07) is 8.56. The van der Waals surface area contributed by atoms with Crippen LogP contribution >= 0.6 is 0 Å². The van der Waals surface area contributed by atoms with E-state index >= 15 is 0 Å². The Morgan fingerprint density at radius 2 is 1.68 bits per heavy atom. The second-order valence-electron chi connectivity index (χ2n) is 3.72. The smallest absolute Gasteiger partial charge is 0.159 e. The quantitative estimate of drug-likeness (QED) is 0.604. The van der Waals surface area contributed by atoms with Gasteiger partial charge in [0.25, 0.3) is 0 Å². The summed E-state index contributed by atoms with van der Waals surface area (Å²) >= 11 is 0. The summed E-state index contributed by atoms with van der Waals surface area (Å²) in [6.07, 6.45) is -0.0370. The average Bonchev–Trinajstić information content (AvgIpc) is 2.40. The van der Waals surface area contributed by atoms with Crippen LogP contribution in [0.5, 0.6) is 0 Å². The number of hydrogen-bond donors (Lipinski definition) is 0. The van der Waals surface area contributed by atoms with Crippen LogP contribution < -0.4 is 0 Å². The first kappa shape index (κ1) is 17.3. The number of Topliss-reactive ketones (excluding diaryl/α,β-unsaturated/α-hetero) is 1. The fourth-order valence-electron chi connectivity index (χ4n) is 1.30. The molecule has 1 aromatic rings. The SMILES string of the molecule is CC(=O)c1ccc(C#N)cc1.CCOC(C)OCC. The lowest BCUT2D eigenvalue weighted by Crippen LogP contribution is -2.11. The zero-order valence-corrected chi connectivity index (χ0v) is 12.0. The van der Waals surface area contributed by atoms with E-state index in [0.717, 1.165) is 13.2 Å². The molecule has 4 nitrogen and oxygen atoms in total. The van der Waals surface area contributed by atoms with Crippen LogP contribution in [0, 0.1) is 11.3 Å². The second kappa shape index (κ2) is 10.2. The Kier molecular flexibility index (Phi) is 9.33. The number of nitrogens with zero attached hydrogens (tertiary/aromatic N) is 1. The van der Waals surface area contributed by atoms with Crippen molar-refractivity contribution in [2.45, 2.75) is 34.0 Å². The van der Waals surface area contributed by atoms with Crippen molar-refractivity contribution in [3.05, 3.63) is 35.4 Å². The molecule has 1 aromatic carbocycles. The largest absolute Gasteiger partial charge is 0.353 e. The predicted octanol–water partition coefficient (Wildman–Crippen LogP) is 3.17. The van der Waals surface area contributed by atoms with Gasteiger partial charge in [0.15, 0.2) is 12.1 Å². The molecule has 0 aliphatic heterocycles. The van der Waals surface area contributed by atoms with E-state index in [0.29, 0.717) is 11.1 Å². The highest BCUT2D eigenvalue weighted by Gasteiger charge is 1.97. The van der Waals surface area contributed by atoms with E-state index in [1.807, 2.05) is 26.8 Å². The fourth-order valence-corrected chi connectivity index (χ4v) is 1.30. The minimum absolute atomic E-state index is 0.0227. The molecule has 0 N–H and O–H groups in total. The average molecular weight is 263 g/mol. The van der Waals surface area contributed by atoms with Gasteiger partial charge in [-0.3, -0.25) is 4.79 Å². The number of nitriles is 1. The third kappa shape index (κ3) is 8.09. The summed E-state index contributed by atoms with van der Waals surface area (Å²) in [6.45, 7) is 8.75.